The van der Waals surface area contributed by atoms with E-state index < -0.39 is 5.41 Å². The summed E-state index contributed by atoms with van der Waals surface area (Å²) in [6, 6.07) is 7.24. The van der Waals surface area contributed by atoms with Gasteiger partial charge in [-0.05, 0) is 32.4 Å². The van der Waals surface area contributed by atoms with Crippen molar-refractivity contribution in [2.45, 2.75) is 27.2 Å². The average Bonchev–Trinajstić information content (AvgIpc) is 2.38. The molecule has 4 nitrogen and oxygen atoms in total. The Kier molecular flexibility index (Phi) is 5.30. The predicted molar refractivity (Wildman–Crippen MR) is 81.4 cm³/mol. The minimum atomic E-state index is -0.836. The lowest BCUT2D eigenvalue weighted by atomic mass is 9.86. The largest absolute Gasteiger partial charge is 0.494 e. The molecule has 0 fully saturated rings. The van der Waals surface area contributed by atoms with Crippen molar-refractivity contribution in [1.82, 2.24) is 0 Å². The quantitative estimate of drug-likeness (QED) is 0.786. The Morgan fingerprint density at radius 3 is 2.68 bits per heavy atom. The molecule has 1 unspecified atom stereocenters. The molecule has 5 heteroatoms. The smallest absolute Gasteiger partial charge is 0.237 e. The first kappa shape index (κ1) is 15.4. The van der Waals surface area contributed by atoms with Gasteiger partial charge in [0.1, 0.15) is 5.75 Å². The normalized spacial score (nSPS) is 13.4. The Hall–Kier alpha value is -1.62. The van der Waals surface area contributed by atoms with Crippen LogP contribution in [0.4, 0.5) is 5.69 Å². The lowest BCUT2D eigenvalue weighted by Crippen LogP contribution is -2.43. The van der Waals surface area contributed by atoms with Crippen LogP contribution in [-0.4, -0.2) is 17.5 Å². The maximum atomic E-state index is 12.3. The maximum absolute atomic E-state index is 12.3. The van der Waals surface area contributed by atoms with Gasteiger partial charge in [-0.2, -0.15) is 0 Å². The van der Waals surface area contributed by atoms with E-state index in [0.717, 1.165) is 0 Å². The predicted octanol–water partition coefficient (Wildman–Crippen LogP) is 2.73. The summed E-state index contributed by atoms with van der Waals surface area (Å²) < 4.78 is 5.39. The number of ether oxygens (including phenoxy) is 1. The minimum absolute atomic E-state index is 0.198. The number of nitrogens with two attached hydrogens (primary N) is 1. The topological polar surface area (TPSA) is 64.3 Å². The van der Waals surface area contributed by atoms with E-state index in [-0.39, 0.29) is 10.9 Å². The Balaban J connectivity index is 2.87. The number of amides is 1. The summed E-state index contributed by atoms with van der Waals surface area (Å²) in [6.45, 7) is 6.12. The van der Waals surface area contributed by atoms with E-state index >= 15 is 0 Å². The SMILES string of the molecule is CCOc1cccc(NC(=O)C(C)(CC)C(N)=S)c1. The van der Waals surface area contributed by atoms with Gasteiger partial charge in [0.25, 0.3) is 0 Å². The Bertz CT molecular complexity index is 476. The molecule has 3 N–H and O–H groups in total. The van der Waals surface area contributed by atoms with Crippen molar-refractivity contribution in [2.75, 3.05) is 11.9 Å². The van der Waals surface area contributed by atoms with Gasteiger partial charge in [0.15, 0.2) is 0 Å². The van der Waals surface area contributed by atoms with Crippen LogP contribution in [0.3, 0.4) is 0 Å². The zero-order valence-electron chi connectivity index (χ0n) is 11.5. The van der Waals surface area contributed by atoms with Crippen LogP contribution >= 0.6 is 12.2 Å². The molecule has 0 spiro atoms. The fraction of sp³-hybridized carbons (Fsp3) is 0.429. The van der Waals surface area contributed by atoms with Gasteiger partial charge in [-0.3, -0.25) is 4.79 Å². The van der Waals surface area contributed by atoms with Gasteiger partial charge in [-0.25, -0.2) is 0 Å². The van der Waals surface area contributed by atoms with Gasteiger partial charge in [-0.15, -0.1) is 0 Å². The van der Waals surface area contributed by atoms with Crippen LogP contribution in [0, 0.1) is 5.41 Å². The highest BCUT2D eigenvalue weighted by Crippen LogP contribution is 2.25. The van der Waals surface area contributed by atoms with Gasteiger partial charge in [-0.1, -0.05) is 25.2 Å². The monoisotopic (exact) mass is 280 g/mol. The molecule has 0 saturated carbocycles. The molecule has 1 aromatic carbocycles. The number of nitrogens with one attached hydrogen (secondary N) is 1. The first-order valence-electron chi connectivity index (χ1n) is 6.28. The second-order valence-corrected chi connectivity index (χ2v) is 4.90. The fourth-order valence-corrected chi connectivity index (χ4v) is 1.78. The molecule has 1 atom stereocenters. The zero-order chi connectivity index (χ0) is 14.5. The summed E-state index contributed by atoms with van der Waals surface area (Å²) >= 11 is 4.98. The van der Waals surface area contributed by atoms with E-state index in [1.807, 2.05) is 26.0 Å². The molecule has 0 aliphatic carbocycles. The van der Waals surface area contributed by atoms with Crippen molar-refractivity contribution in [3.05, 3.63) is 24.3 Å². The molecule has 1 aromatic rings. The van der Waals surface area contributed by atoms with Crippen LogP contribution in [0.5, 0.6) is 5.75 Å². The first-order chi connectivity index (χ1) is 8.93. The molecule has 1 rings (SSSR count). The van der Waals surface area contributed by atoms with Crippen LogP contribution in [-0.2, 0) is 4.79 Å². The molecule has 104 valence electrons. The highest BCUT2D eigenvalue weighted by Gasteiger charge is 2.34. The molecule has 0 heterocycles. The number of thiocarbonyl (C=S) groups is 1. The van der Waals surface area contributed by atoms with Crippen LogP contribution in [0.2, 0.25) is 0 Å². The van der Waals surface area contributed by atoms with Gasteiger partial charge in [0.05, 0.1) is 17.0 Å². The summed E-state index contributed by atoms with van der Waals surface area (Å²) in [5.41, 5.74) is 5.50. The van der Waals surface area contributed by atoms with E-state index in [0.29, 0.717) is 24.5 Å². The molecule has 1 amide bonds. The molecule has 0 radical (unpaired) electrons. The zero-order valence-corrected chi connectivity index (χ0v) is 12.3. The molecular formula is C14H20N2O2S. The van der Waals surface area contributed by atoms with Crippen molar-refractivity contribution < 1.29 is 9.53 Å². The maximum Gasteiger partial charge on any atom is 0.237 e. The van der Waals surface area contributed by atoms with Gasteiger partial charge < -0.3 is 15.8 Å². The summed E-state index contributed by atoms with van der Waals surface area (Å²) in [6.07, 6.45) is 0.555. The second-order valence-electron chi connectivity index (χ2n) is 4.46. The van der Waals surface area contributed by atoms with Crippen LogP contribution in [0.25, 0.3) is 0 Å². The van der Waals surface area contributed by atoms with E-state index in [9.17, 15) is 4.79 Å². The van der Waals surface area contributed by atoms with Crippen molar-refractivity contribution in [3.8, 4) is 5.75 Å². The van der Waals surface area contributed by atoms with Crippen molar-refractivity contribution in [2.24, 2.45) is 11.1 Å². The van der Waals surface area contributed by atoms with Gasteiger partial charge in [0.2, 0.25) is 5.91 Å². The number of rotatable bonds is 6. The first-order valence-corrected chi connectivity index (χ1v) is 6.69. The number of carbonyl (C=O) groups is 1. The van der Waals surface area contributed by atoms with E-state index in [1.54, 1.807) is 19.1 Å². The number of anilines is 1. The van der Waals surface area contributed by atoms with E-state index in [2.05, 4.69) is 5.32 Å². The average molecular weight is 280 g/mol. The molecule has 0 saturated heterocycles. The van der Waals surface area contributed by atoms with E-state index in [1.165, 1.54) is 0 Å². The van der Waals surface area contributed by atoms with Crippen molar-refractivity contribution >= 4 is 28.8 Å². The van der Waals surface area contributed by atoms with Crippen molar-refractivity contribution in [3.63, 3.8) is 0 Å². The third-order valence-electron chi connectivity index (χ3n) is 3.15. The van der Waals surface area contributed by atoms with Gasteiger partial charge in [0, 0.05) is 11.8 Å². The second kappa shape index (κ2) is 6.52. The van der Waals surface area contributed by atoms with Crippen LogP contribution in [0.15, 0.2) is 24.3 Å². The summed E-state index contributed by atoms with van der Waals surface area (Å²) in [4.78, 5) is 12.5. The minimum Gasteiger partial charge on any atom is -0.494 e. The number of hydrogen-bond donors (Lipinski definition) is 2. The summed E-state index contributed by atoms with van der Waals surface area (Å²) in [5.74, 6) is 0.518. The highest BCUT2D eigenvalue weighted by molar-refractivity contribution is 7.80. The van der Waals surface area contributed by atoms with Crippen molar-refractivity contribution in [1.29, 1.82) is 0 Å². The summed E-state index contributed by atoms with van der Waals surface area (Å²) in [7, 11) is 0. The third kappa shape index (κ3) is 3.67. The Labute approximate surface area is 119 Å². The molecular weight excluding hydrogens is 260 g/mol. The fourth-order valence-electron chi connectivity index (χ4n) is 1.55. The Morgan fingerprint density at radius 1 is 1.47 bits per heavy atom. The summed E-state index contributed by atoms with van der Waals surface area (Å²) in [5, 5.41) is 2.83. The van der Waals surface area contributed by atoms with E-state index in [4.69, 9.17) is 22.7 Å². The number of benzene rings is 1. The molecule has 0 aliphatic heterocycles. The van der Waals surface area contributed by atoms with Gasteiger partial charge >= 0.3 is 0 Å². The van der Waals surface area contributed by atoms with Crippen LogP contribution in [0.1, 0.15) is 27.2 Å². The molecule has 0 aromatic heterocycles. The van der Waals surface area contributed by atoms with Crippen LogP contribution < -0.4 is 15.8 Å². The molecule has 0 aliphatic rings. The lowest BCUT2D eigenvalue weighted by Gasteiger charge is -2.25. The number of hydrogen-bond acceptors (Lipinski definition) is 3. The highest BCUT2D eigenvalue weighted by atomic mass is 32.1. The lowest BCUT2D eigenvalue weighted by molar-refractivity contribution is -0.121. The standard InChI is InChI=1S/C14H20N2O2S/c1-4-14(3,12(15)19)13(17)16-10-7-6-8-11(9-10)18-5-2/h6-9H,4-5H2,1-3H3,(H2,15,19)(H,16,17). The molecule has 19 heavy (non-hydrogen) atoms. The molecule has 0 bridgehead atoms. The number of carbonyl (C=O) groups excluding carboxylic acids is 1. The Morgan fingerprint density at radius 2 is 2.16 bits per heavy atom. The third-order valence-corrected chi connectivity index (χ3v) is 3.61.